The minimum atomic E-state index is -0.249. The minimum Gasteiger partial charge on any atom is -0.507 e. The molecule has 0 bridgehead atoms. The number of hydrazone groups is 1. The van der Waals surface area contributed by atoms with Gasteiger partial charge in [0.1, 0.15) is 5.75 Å². The first-order chi connectivity index (χ1) is 16.0. The Morgan fingerprint density at radius 3 is 2.73 bits per heavy atom. The second kappa shape index (κ2) is 11.0. The Hall–Kier alpha value is -2.65. The predicted octanol–water partition coefficient (Wildman–Crippen LogP) is 5.47. The van der Waals surface area contributed by atoms with Gasteiger partial charge in [0.15, 0.2) is 11.0 Å². The fraction of sp³-hybridized carbons (Fsp3) is 0.333. The molecule has 33 heavy (non-hydrogen) atoms. The quantitative estimate of drug-likeness (QED) is 0.241. The highest BCUT2D eigenvalue weighted by atomic mass is 79.9. The average molecular weight is 528 g/mol. The largest absolute Gasteiger partial charge is 0.507 e. The van der Waals surface area contributed by atoms with Crippen molar-refractivity contribution in [1.29, 1.82) is 0 Å². The lowest BCUT2D eigenvalue weighted by atomic mass is 9.95. The smallest absolute Gasteiger partial charge is 0.250 e. The summed E-state index contributed by atoms with van der Waals surface area (Å²) in [5, 5.41) is 23.5. The van der Waals surface area contributed by atoms with Gasteiger partial charge in [0, 0.05) is 21.6 Å². The van der Waals surface area contributed by atoms with E-state index in [1.54, 1.807) is 18.2 Å². The van der Waals surface area contributed by atoms with Gasteiger partial charge in [-0.05, 0) is 38.0 Å². The van der Waals surface area contributed by atoms with Crippen LogP contribution >= 0.6 is 27.7 Å². The molecule has 1 aliphatic carbocycles. The molecule has 7 nitrogen and oxygen atoms in total. The number of phenols is 1. The maximum atomic E-state index is 12.4. The van der Waals surface area contributed by atoms with Gasteiger partial charge in [-0.2, -0.15) is 5.10 Å². The zero-order chi connectivity index (χ0) is 23.2. The molecule has 0 aliphatic heterocycles. The predicted molar refractivity (Wildman–Crippen MR) is 135 cm³/mol. The Labute approximate surface area is 205 Å². The summed E-state index contributed by atoms with van der Waals surface area (Å²) in [7, 11) is 0. The first-order valence-corrected chi connectivity index (χ1v) is 12.7. The molecule has 2 N–H and O–H groups in total. The van der Waals surface area contributed by atoms with Crippen molar-refractivity contribution >= 4 is 39.8 Å². The molecule has 1 aromatic heterocycles. The van der Waals surface area contributed by atoms with Gasteiger partial charge in [0.2, 0.25) is 0 Å². The highest BCUT2D eigenvalue weighted by Gasteiger charge is 2.24. The van der Waals surface area contributed by atoms with Crippen molar-refractivity contribution in [2.24, 2.45) is 5.10 Å². The number of aromatic hydroxyl groups is 1. The number of carbonyl (C=O) groups is 1. The van der Waals surface area contributed by atoms with Gasteiger partial charge in [-0.1, -0.05) is 76.8 Å². The molecule has 4 rings (SSSR count). The number of thioether (sulfide) groups is 1. The molecule has 2 aromatic carbocycles. The summed E-state index contributed by atoms with van der Waals surface area (Å²) >= 11 is 4.72. The SMILES string of the molecule is Cc1ccc(-c2nnc(SCC(=O)N/N=C/c3cc(Br)ccc3O)n2C2CCCCC2)cc1. The monoisotopic (exact) mass is 527 g/mol. The van der Waals surface area contributed by atoms with Crippen molar-refractivity contribution in [3.8, 4) is 17.1 Å². The minimum absolute atomic E-state index is 0.0924. The molecule has 172 valence electrons. The molecule has 3 aromatic rings. The van der Waals surface area contributed by atoms with Crippen LogP contribution < -0.4 is 5.43 Å². The van der Waals surface area contributed by atoms with Gasteiger partial charge < -0.3 is 5.11 Å². The van der Waals surface area contributed by atoms with E-state index in [9.17, 15) is 9.90 Å². The topological polar surface area (TPSA) is 92.4 Å². The fourth-order valence-electron chi connectivity index (χ4n) is 3.91. The van der Waals surface area contributed by atoms with E-state index in [0.717, 1.165) is 33.9 Å². The third-order valence-electron chi connectivity index (χ3n) is 5.63. The number of aromatic nitrogens is 3. The van der Waals surface area contributed by atoms with E-state index in [1.165, 1.54) is 42.8 Å². The second-order valence-electron chi connectivity index (χ2n) is 8.12. The number of rotatable bonds is 7. The van der Waals surface area contributed by atoms with Crippen LogP contribution in [-0.2, 0) is 4.79 Å². The van der Waals surface area contributed by atoms with Gasteiger partial charge in [0.25, 0.3) is 5.91 Å². The fourth-order valence-corrected chi connectivity index (χ4v) is 5.08. The highest BCUT2D eigenvalue weighted by molar-refractivity contribution is 9.10. The van der Waals surface area contributed by atoms with E-state index < -0.39 is 0 Å². The van der Waals surface area contributed by atoms with Gasteiger partial charge in [0.05, 0.1) is 12.0 Å². The van der Waals surface area contributed by atoms with Crippen LogP contribution in [0.2, 0.25) is 0 Å². The van der Waals surface area contributed by atoms with Crippen LogP contribution in [0.25, 0.3) is 11.4 Å². The Morgan fingerprint density at radius 2 is 1.97 bits per heavy atom. The summed E-state index contributed by atoms with van der Waals surface area (Å²) in [6.07, 6.45) is 7.25. The van der Waals surface area contributed by atoms with Gasteiger partial charge in [-0.25, -0.2) is 5.43 Å². The summed E-state index contributed by atoms with van der Waals surface area (Å²) in [6, 6.07) is 13.7. The average Bonchev–Trinajstić information content (AvgIpc) is 3.25. The third kappa shape index (κ3) is 6.03. The van der Waals surface area contributed by atoms with Crippen LogP contribution in [0.1, 0.15) is 49.3 Å². The van der Waals surface area contributed by atoms with Crippen LogP contribution in [0.15, 0.2) is 57.2 Å². The molecule has 0 atom stereocenters. The molecular formula is C24H26BrN5O2S. The van der Waals surface area contributed by atoms with E-state index in [4.69, 9.17) is 0 Å². The second-order valence-corrected chi connectivity index (χ2v) is 9.98. The Morgan fingerprint density at radius 1 is 1.21 bits per heavy atom. The Kier molecular flexibility index (Phi) is 7.82. The first-order valence-electron chi connectivity index (χ1n) is 11.0. The molecule has 1 fully saturated rings. The van der Waals surface area contributed by atoms with Crippen LogP contribution in [0.4, 0.5) is 0 Å². The molecule has 1 aliphatic rings. The van der Waals surface area contributed by atoms with E-state index in [0.29, 0.717) is 11.6 Å². The Bertz CT molecular complexity index is 1140. The molecule has 1 saturated carbocycles. The van der Waals surface area contributed by atoms with Crippen LogP contribution in [0, 0.1) is 6.92 Å². The first kappa shape index (κ1) is 23.5. The zero-order valence-corrected chi connectivity index (χ0v) is 20.8. The number of phenolic OH excluding ortho intramolecular Hbond substituents is 1. The van der Waals surface area contributed by atoms with Gasteiger partial charge in [-0.3, -0.25) is 9.36 Å². The summed E-state index contributed by atoms with van der Waals surface area (Å²) < 4.78 is 3.03. The highest BCUT2D eigenvalue weighted by Crippen LogP contribution is 2.35. The lowest BCUT2D eigenvalue weighted by Crippen LogP contribution is -2.20. The van der Waals surface area contributed by atoms with E-state index in [2.05, 4.69) is 72.4 Å². The number of nitrogens with zero attached hydrogens (tertiary/aromatic N) is 4. The van der Waals surface area contributed by atoms with Crippen molar-refractivity contribution < 1.29 is 9.90 Å². The van der Waals surface area contributed by atoms with E-state index >= 15 is 0 Å². The van der Waals surface area contributed by atoms with E-state index in [1.807, 2.05) is 0 Å². The molecule has 0 saturated heterocycles. The Balaban J connectivity index is 1.46. The van der Waals surface area contributed by atoms with Crippen molar-refractivity contribution in [2.45, 2.75) is 50.2 Å². The lowest BCUT2D eigenvalue weighted by Gasteiger charge is -2.25. The molecule has 0 unspecified atom stereocenters. The number of hydrogen-bond donors (Lipinski definition) is 2. The van der Waals surface area contributed by atoms with Gasteiger partial charge >= 0.3 is 0 Å². The molecule has 0 radical (unpaired) electrons. The number of halogens is 1. The number of nitrogens with one attached hydrogen (secondary N) is 1. The summed E-state index contributed by atoms with van der Waals surface area (Å²) in [4.78, 5) is 12.4. The number of benzene rings is 2. The lowest BCUT2D eigenvalue weighted by molar-refractivity contribution is -0.118. The number of aryl methyl sites for hydroxylation is 1. The zero-order valence-electron chi connectivity index (χ0n) is 18.4. The van der Waals surface area contributed by atoms with Crippen LogP contribution in [0.3, 0.4) is 0 Å². The van der Waals surface area contributed by atoms with Crippen molar-refractivity contribution in [2.75, 3.05) is 5.75 Å². The third-order valence-corrected chi connectivity index (χ3v) is 7.07. The summed E-state index contributed by atoms with van der Waals surface area (Å²) in [5.41, 5.74) is 5.26. The standard InChI is InChI=1S/C24H26BrN5O2S/c1-16-7-9-17(10-8-16)23-28-29-24(30(23)20-5-3-2-4-6-20)33-15-22(32)27-26-14-18-13-19(25)11-12-21(18)31/h7-14,20,31H,2-6,15H2,1H3,(H,27,32)/b26-14+. The molecule has 1 amide bonds. The van der Waals surface area contributed by atoms with Crippen molar-refractivity contribution in [3.63, 3.8) is 0 Å². The summed E-state index contributed by atoms with van der Waals surface area (Å²) in [6.45, 7) is 2.07. The number of hydrogen-bond acceptors (Lipinski definition) is 6. The van der Waals surface area contributed by atoms with Crippen LogP contribution in [0.5, 0.6) is 5.75 Å². The molecule has 0 spiro atoms. The van der Waals surface area contributed by atoms with Gasteiger partial charge in [-0.15, -0.1) is 10.2 Å². The maximum Gasteiger partial charge on any atom is 0.250 e. The number of carbonyl (C=O) groups excluding carboxylic acids is 1. The van der Waals surface area contributed by atoms with Crippen LogP contribution in [-0.4, -0.2) is 37.7 Å². The number of amides is 1. The molecule has 9 heteroatoms. The summed E-state index contributed by atoms with van der Waals surface area (Å²) in [5.74, 6) is 0.865. The maximum absolute atomic E-state index is 12.4. The van der Waals surface area contributed by atoms with E-state index in [-0.39, 0.29) is 17.4 Å². The molecule has 1 heterocycles. The molecular weight excluding hydrogens is 502 g/mol. The normalized spacial score (nSPS) is 14.6. The van der Waals surface area contributed by atoms with Crippen molar-refractivity contribution in [3.05, 3.63) is 58.1 Å². The van der Waals surface area contributed by atoms with Crippen molar-refractivity contribution in [1.82, 2.24) is 20.2 Å².